The van der Waals surface area contributed by atoms with Gasteiger partial charge in [-0.3, -0.25) is 14.3 Å². The van der Waals surface area contributed by atoms with E-state index in [1.54, 1.807) is 6.92 Å². The molecule has 1 N–H and O–H groups in total. The minimum atomic E-state index is -4.85. The fraction of sp³-hybridized carbons (Fsp3) is 0.400. The fourth-order valence-corrected chi connectivity index (χ4v) is 2.91. The van der Waals surface area contributed by atoms with Crippen molar-refractivity contribution in [1.29, 1.82) is 0 Å². The Labute approximate surface area is 156 Å². The zero-order valence-corrected chi connectivity index (χ0v) is 15.1. The van der Waals surface area contributed by atoms with Crippen molar-refractivity contribution in [2.24, 2.45) is 13.0 Å². The maximum Gasteiger partial charge on any atom is 0.435 e. The minimum Gasteiger partial charge on any atom is -0.465 e. The summed E-state index contributed by atoms with van der Waals surface area (Å²) in [6.07, 6.45) is 0.138. The minimum absolute atomic E-state index is 0.0479. The van der Waals surface area contributed by atoms with E-state index in [0.717, 1.165) is 10.9 Å². The summed E-state index contributed by atoms with van der Waals surface area (Å²) in [5.41, 5.74) is -2.13. The second-order valence-electron chi connectivity index (χ2n) is 5.36. The van der Waals surface area contributed by atoms with Crippen LogP contribution in [0.3, 0.4) is 0 Å². The number of ether oxygens (including phenoxy) is 1. The molecule has 1 amide bonds. The van der Waals surface area contributed by atoms with Gasteiger partial charge in [0.1, 0.15) is 5.92 Å². The molecule has 2 rings (SSSR count). The largest absolute Gasteiger partial charge is 0.465 e. The molecule has 1 aromatic rings. The van der Waals surface area contributed by atoms with Crippen LogP contribution in [-0.2, 0) is 22.8 Å². The van der Waals surface area contributed by atoms with Gasteiger partial charge in [-0.15, -0.1) is 0 Å². The molecule has 6 nitrogen and oxygen atoms in total. The smallest absolute Gasteiger partial charge is 0.435 e. The number of nitrogens with zero attached hydrogens (tertiary/aromatic N) is 2. The van der Waals surface area contributed by atoms with Gasteiger partial charge in [-0.25, -0.2) is 0 Å². The maximum absolute atomic E-state index is 13.1. The highest BCUT2D eigenvalue weighted by Crippen LogP contribution is 2.39. The van der Waals surface area contributed by atoms with Gasteiger partial charge in [0.15, 0.2) is 10.7 Å². The van der Waals surface area contributed by atoms with Crippen LogP contribution in [0.15, 0.2) is 29.5 Å². The predicted octanol–water partition coefficient (Wildman–Crippen LogP) is 2.98. The molecule has 0 saturated carbocycles. The molecule has 26 heavy (non-hydrogen) atoms. The Morgan fingerprint density at radius 3 is 2.69 bits per heavy atom. The van der Waals surface area contributed by atoms with Crippen molar-refractivity contribution < 1.29 is 27.5 Å². The molecule has 2 atom stereocenters. The predicted molar refractivity (Wildman–Crippen MR) is 87.5 cm³/mol. The molecule has 0 aliphatic heterocycles. The lowest BCUT2D eigenvalue weighted by atomic mass is 9.93. The molecule has 0 saturated heterocycles. The van der Waals surface area contributed by atoms with Crippen LogP contribution in [-0.4, -0.2) is 33.3 Å². The maximum atomic E-state index is 13.1. The third-order valence-corrected chi connectivity index (χ3v) is 4.55. The van der Waals surface area contributed by atoms with Crippen molar-refractivity contribution in [2.45, 2.75) is 18.1 Å². The number of hydrogen-bond donors (Lipinski definition) is 1. The molecule has 11 heteroatoms. The number of carbonyl (C=O) groups is 2. The second kappa shape index (κ2) is 7.32. The molecular formula is C15H14Cl2F3N3O3. The summed E-state index contributed by atoms with van der Waals surface area (Å²) >= 11 is 12.4. The molecule has 2 unspecified atom stereocenters. The van der Waals surface area contributed by atoms with E-state index >= 15 is 0 Å². The van der Waals surface area contributed by atoms with E-state index in [1.165, 1.54) is 25.3 Å². The van der Waals surface area contributed by atoms with E-state index in [0.29, 0.717) is 0 Å². The highest BCUT2D eigenvalue weighted by Gasteiger charge is 2.48. The quantitative estimate of drug-likeness (QED) is 0.469. The summed E-state index contributed by atoms with van der Waals surface area (Å²) in [5, 5.41) is 5.31. The summed E-state index contributed by atoms with van der Waals surface area (Å²) in [7, 11) is 1.24. The normalized spacial score (nSPS) is 22.7. The van der Waals surface area contributed by atoms with Crippen LogP contribution in [0.25, 0.3) is 0 Å². The third kappa shape index (κ3) is 3.88. The lowest BCUT2D eigenvalue weighted by Gasteiger charge is -2.34. The molecule has 1 aromatic heterocycles. The summed E-state index contributed by atoms with van der Waals surface area (Å²) < 4.78 is 44.9. The Hall–Kier alpha value is -2.00. The van der Waals surface area contributed by atoms with Crippen LogP contribution >= 0.6 is 23.2 Å². The topological polar surface area (TPSA) is 73.2 Å². The van der Waals surface area contributed by atoms with E-state index in [2.05, 4.69) is 10.4 Å². The van der Waals surface area contributed by atoms with E-state index in [1.807, 2.05) is 0 Å². The highest BCUT2D eigenvalue weighted by atomic mass is 35.5. The number of allylic oxidation sites excluding steroid dienone is 2. The molecule has 0 aromatic carbocycles. The average Bonchev–Trinajstić information content (AvgIpc) is 2.92. The SMILES string of the molecule is CCOC(=O)C1C=CC=C(Cl)C1(Cl)NC(=O)c1cn(C)nc1C(F)(F)F. The van der Waals surface area contributed by atoms with Crippen LogP contribution in [0, 0.1) is 5.92 Å². The summed E-state index contributed by atoms with van der Waals surface area (Å²) in [4.78, 5) is 22.6. The van der Waals surface area contributed by atoms with Crippen LogP contribution in [0.5, 0.6) is 0 Å². The Kier molecular flexibility index (Phi) is 5.72. The number of aromatic nitrogens is 2. The van der Waals surface area contributed by atoms with Gasteiger partial charge >= 0.3 is 12.1 Å². The number of alkyl halides is 4. The lowest BCUT2D eigenvalue weighted by Crippen LogP contribution is -2.53. The zero-order valence-electron chi connectivity index (χ0n) is 13.6. The first-order valence-corrected chi connectivity index (χ1v) is 8.09. The van der Waals surface area contributed by atoms with E-state index < -0.39 is 40.2 Å². The van der Waals surface area contributed by atoms with Crippen molar-refractivity contribution in [2.75, 3.05) is 6.61 Å². The van der Waals surface area contributed by atoms with Crippen molar-refractivity contribution in [3.8, 4) is 0 Å². The molecule has 0 bridgehead atoms. The van der Waals surface area contributed by atoms with Crippen molar-refractivity contribution in [3.63, 3.8) is 0 Å². The number of carbonyl (C=O) groups excluding carboxylic acids is 2. The van der Waals surface area contributed by atoms with Crippen molar-refractivity contribution in [1.82, 2.24) is 15.1 Å². The number of aryl methyl sites for hydroxylation is 1. The first-order chi connectivity index (χ1) is 12.0. The zero-order chi connectivity index (χ0) is 19.7. The van der Waals surface area contributed by atoms with Crippen LogP contribution in [0.4, 0.5) is 13.2 Å². The summed E-state index contributed by atoms with van der Waals surface area (Å²) in [5.74, 6) is -3.19. The Morgan fingerprint density at radius 2 is 2.12 bits per heavy atom. The van der Waals surface area contributed by atoms with Gasteiger partial charge in [0.2, 0.25) is 0 Å². The van der Waals surface area contributed by atoms with Gasteiger partial charge in [0.05, 0.1) is 17.2 Å². The van der Waals surface area contributed by atoms with E-state index in [4.69, 9.17) is 27.9 Å². The molecule has 0 spiro atoms. The van der Waals surface area contributed by atoms with Gasteiger partial charge in [0, 0.05) is 13.2 Å². The summed E-state index contributed by atoms with van der Waals surface area (Å²) in [6, 6.07) is 0. The van der Waals surface area contributed by atoms with Gasteiger partial charge in [-0.05, 0) is 13.0 Å². The Balaban J connectivity index is 2.38. The van der Waals surface area contributed by atoms with Crippen LogP contribution in [0.2, 0.25) is 0 Å². The number of rotatable bonds is 4. The number of esters is 1. The van der Waals surface area contributed by atoms with Gasteiger partial charge < -0.3 is 10.1 Å². The van der Waals surface area contributed by atoms with Crippen molar-refractivity contribution >= 4 is 35.1 Å². The monoisotopic (exact) mass is 411 g/mol. The molecule has 142 valence electrons. The Bertz CT molecular complexity index is 789. The van der Waals surface area contributed by atoms with Crippen LogP contribution in [0.1, 0.15) is 23.0 Å². The second-order valence-corrected chi connectivity index (χ2v) is 6.36. The Morgan fingerprint density at radius 1 is 1.46 bits per heavy atom. The fourth-order valence-electron chi connectivity index (χ4n) is 2.36. The first kappa shape index (κ1) is 20.3. The van der Waals surface area contributed by atoms with Crippen molar-refractivity contribution in [3.05, 3.63) is 40.7 Å². The summed E-state index contributed by atoms with van der Waals surface area (Å²) in [6.45, 7) is 1.62. The average molecular weight is 412 g/mol. The van der Waals surface area contributed by atoms with E-state index in [9.17, 15) is 22.8 Å². The number of nitrogens with one attached hydrogen (secondary N) is 1. The standard InChI is InChI=1S/C15H14Cl2F3N3O3/c1-3-26-13(25)9-5-4-6-10(16)14(9,17)21-12(24)8-7-23(2)22-11(8)15(18,19)20/h4-7,9H,3H2,1-2H3,(H,21,24). The third-order valence-electron chi connectivity index (χ3n) is 3.50. The van der Waals surface area contributed by atoms with Gasteiger partial charge in [-0.1, -0.05) is 35.4 Å². The molecule has 0 radical (unpaired) electrons. The van der Waals surface area contributed by atoms with Gasteiger partial charge in [0.25, 0.3) is 5.91 Å². The van der Waals surface area contributed by atoms with Crippen LogP contribution < -0.4 is 5.32 Å². The molecule has 0 fully saturated rings. The van der Waals surface area contributed by atoms with Gasteiger partial charge in [-0.2, -0.15) is 18.3 Å². The highest BCUT2D eigenvalue weighted by molar-refractivity contribution is 6.41. The molecule has 1 aliphatic carbocycles. The van der Waals surface area contributed by atoms with E-state index in [-0.39, 0.29) is 11.6 Å². The first-order valence-electron chi connectivity index (χ1n) is 7.34. The molecule has 1 heterocycles. The molecule has 1 aliphatic rings. The number of amides is 1. The lowest BCUT2D eigenvalue weighted by molar-refractivity contribution is -0.147. The molecular weight excluding hydrogens is 398 g/mol. The number of hydrogen-bond acceptors (Lipinski definition) is 4. The number of halogens is 5.